The summed E-state index contributed by atoms with van der Waals surface area (Å²) >= 11 is 0. The Balaban J connectivity index is 1.63. The fraction of sp³-hybridized carbons (Fsp3) is 0.333. The van der Waals surface area contributed by atoms with Gasteiger partial charge in [0, 0.05) is 37.9 Å². The highest BCUT2D eigenvalue weighted by molar-refractivity contribution is 6.00. The molecule has 1 amide bonds. The van der Waals surface area contributed by atoms with Gasteiger partial charge >= 0.3 is 6.18 Å². The lowest BCUT2D eigenvalue weighted by atomic mass is 10.1. The lowest BCUT2D eigenvalue weighted by Gasteiger charge is -2.22. The molecular formula is C24H25F3N4O2. The summed E-state index contributed by atoms with van der Waals surface area (Å²) in [5.74, 6) is 0.447. The molecule has 0 spiro atoms. The number of aromatic nitrogens is 2. The Hall–Kier alpha value is -3.33. The van der Waals surface area contributed by atoms with Crippen molar-refractivity contribution >= 4 is 5.91 Å². The standard InChI is InChI=1S/C24H25F3N4O2/c1-33-20-10-8-18(9-11-20)22-21(16-31(28-22)19-6-3-2-4-7-19)23(32)30-13-5-12-29(14-15-30)17-24(25,26)27/h2-4,6-11,16H,5,12-15,17H2,1H3. The summed E-state index contributed by atoms with van der Waals surface area (Å²) in [6, 6.07) is 16.7. The van der Waals surface area contributed by atoms with Crippen molar-refractivity contribution in [3.63, 3.8) is 0 Å². The maximum absolute atomic E-state index is 13.5. The number of amides is 1. The van der Waals surface area contributed by atoms with Gasteiger partial charge < -0.3 is 9.64 Å². The van der Waals surface area contributed by atoms with Gasteiger partial charge in [-0.05, 0) is 42.8 Å². The maximum Gasteiger partial charge on any atom is 0.401 e. The second-order valence-corrected chi connectivity index (χ2v) is 7.94. The summed E-state index contributed by atoms with van der Waals surface area (Å²) in [7, 11) is 1.58. The number of methoxy groups -OCH3 is 1. The molecule has 1 aliphatic heterocycles. The average Bonchev–Trinajstić information content (AvgIpc) is 3.13. The van der Waals surface area contributed by atoms with E-state index in [1.807, 2.05) is 42.5 Å². The van der Waals surface area contributed by atoms with Gasteiger partial charge in [0.05, 0.1) is 24.9 Å². The number of rotatable bonds is 5. The predicted molar refractivity (Wildman–Crippen MR) is 119 cm³/mol. The molecule has 174 valence electrons. The third-order valence-corrected chi connectivity index (χ3v) is 5.61. The van der Waals surface area contributed by atoms with E-state index in [1.54, 1.807) is 35.0 Å². The van der Waals surface area contributed by atoms with Crippen molar-refractivity contribution in [2.24, 2.45) is 0 Å². The molecule has 1 aliphatic rings. The van der Waals surface area contributed by atoms with Crippen molar-refractivity contribution in [3.05, 3.63) is 66.4 Å². The van der Waals surface area contributed by atoms with Crippen molar-refractivity contribution in [1.29, 1.82) is 0 Å². The first-order valence-corrected chi connectivity index (χ1v) is 10.7. The van der Waals surface area contributed by atoms with E-state index in [-0.39, 0.29) is 19.0 Å². The monoisotopic (exact) mass is 458 g/mol. The molecule has 33 heavy (non-hydrogen) atoms. The molecule has 1 aromatic heterocycles. The number of benzene rings is 2. The number of halogens is 3. The van der Waals surface area contributed by atoms with Gasteiger partial charge in [0.1, 0.15) is 11.4 Å². The molecule has 2 aromatic carbocycles. The Bertz CT molecular complexity index is 1080. The zero-order valence-electron chi connectivity index (χ0n) is 18.3. The minimum atomic E-state index is -4.25. The van der Waals surface area contributed by atoms with Crippen LogP contribution in [0.3, 0.4) is 0 Å². The molecule has 0 atom stereocenters. The van der Waals surface area contributed by atoms with Crippen LogP contribution in [0.4, 0.5) is 13.2 Å². The van der Waals surface area contributed by atoms with Crippen molar-refractivity contribution in [2.75, 3.05) is 39.8 Å². The van der Waals surface area contributed by atoms with Crippen LogP contribution in [0.5, 0.6) is 5.75 Å². The molecule has 3 aromatic rings. The molecule has 4 rings (SSSR count). The van der Waals surface area contributed by atoms with Gasteiger partial charge in [0.15, 0.2) is 0 Å². The Morgan fingerprint density at radius 3 is 2.39 bits per heavy atom. The van der Waals surface area contributed by atoms with E-state index in [0.717, 1.165) is 11.3 Å². The molecule has 0 saturated carbocycles. The molecule has 1 saturated heterocycles. The minimum absolute atomic E-state index is 0.177. The Morgan fingerprint density at radius 1 is 1.00 bits per heavy atom. The molecule has 1 fully saturated rings. The fourth-order valence-electron chi connectivity index (χ4n) is 3.96. The Kier molecular flexibility index (Phi) is 6.69. The van der Waals surface area contributed by atoms with Crippen LogP contribution in [0.1, 0.15) is 16.8 Å². The quantitative estimate of drug-likeness (QED) is 0.574. The summed E-state index contributed by atoms with van der Waals surface area (Å²) in [6.45, 7) is 0.144. The van der Waals surface area contributed by atoms with Crippen LogP contribution in [0, 0.1) is 0 Å². The second-order valence-electron chi connectivity index (χ2n) is 7.94. The van der Waals surface area contributed by atoms with Crippen LogP contribution in [0.15, 0.2) is 60.8 Å². The third kappa shape index (κ3) is 5.54. The number of nitrogens with zero attached hydrogens (tertiary/aromatic N) is 4. The van der Waals surface area contributed by atoms with Gasteiger partial charge in [-0.1, -0.05) is 18.2 Å². The first-order chi connectivity index (χ1) is 15.8. The summed E-state index contributed by atoms with van der Waals surface area (Å²) in [4.78, 5) is 16.5. The zero-order valence-corrected chi connectivity index (χ0v) is 18.3. The van der Waals surface area contributed by atoms with Gasteiger partial charge in [-0.2, -0.15) is 18.3 Å². The molecule has 0 aliphatic carbocycles. The van der Waals surface area contributed by atoms with Gasteiger partial charge in [-0.25, -0.2) is 4.68 Å². The number of hydrogen-bond donors (Lipinski definition) is 0. The topological polar surface area (TPSA) is 50.6 Å². The van der Waals surface area contributed by atoms with Crippen LogP contribution < -0.4 is 4.74 Å². The fourth-order valence-corrected chi connectivity index (χ4v) is 3.96. The van der Waals surface area contributed by atoms with Crippen molar-refractivity contribution in [2.45, 2.75) is 12.6 Å². The molecule has 6 nitrogen and oxygen atoms in total. The number of carbonyl (C=O) groups is 1. The second kappa shape index (κ2) is 9.66. The van der Waals surface area contributed by atoms with E-state index in [1.165, 1.54) is 4.90 Å². The lowest BCUT2D eigenvalue weighted by molar-refractivity contribution is -0.145. The SMILES string of the molecule is COc1ccc(-c2nn(-c3ccccc3)cc2C(=O)N2CCCN(CC(F)(F)F)CC2)cc1. The van der Waals surface area contributed by atoms with E-state index >= 15 is 0 Å². The molecule has 0 radical (unpaired) electrons. The molecule has 0 unspecified atom stereocenters. The average molecular weight is 458 g/mol. The lowest BCUT2D eigenvalue weighted by Crippen LogP contribution is -2.38. The van der Waals surface area contributed by atoms with Gasteiger partial charge in [-0.15, -0.1) is 0 Å². The molecule has 0 bridgehead atoms. The van der Waals surface area contributed by atoms with Crippen molar-refractivity contribution < 1.29 is 22.7 Å². The highest BCUT2D eigenvalue weighted by atomic mass is 19.4. The minimum Gasteiger partial charge on any atom is -0.497 e. The molecule has 0 N–H and O–H groups in total. The van der Waals surface area contributed by atoms with Gasteiger partial charge in [0.2, 0.25) is 0 Å². The smallest absolute Gasteiger partial charge is 0.401 e. The van der Waals surface area contributed by atoms with E-state index in [0.29, 0.717) is 36.5 Å². The first-order valence-electron chi connectivity index (χ1n) is 10.7. The summed E-state index contributed by atoms with van der Waals surface area (Å²) < 4.78 is 45.3. The molecule has 2 heterocycles. The largest absolute Gasteiger partial charge is 0.497 e. The van der Waals surface area contributed by atoms with Crippen LogP contribution in [0.2, 0.25) is 0 Å². The third-order valence-electron chi connectivity index (χ3n) is 5.61. The molecular weight excluding hydrogens is 433 g/mol. The van der Waals surface area contributed by atoms with Crippen molar-refractivity contribution in [1.82, 2.24) is 19.6 Å². The number of ether oxygens (including phenoxy) is 1. The normalized spacial score (nSPS) is 15.3. The highest BCUT2D eigenvalue weighted by Crippen LogP contribution is 2.27. The van der Waals surface area contributed by atoms with Crippen LogP contribution >= 0.6 is 0 Å². The maximum atomic E-state index is 13.5. The van der Waals surface area contributed by atoms with E-state index in [9.17, 15) is 18.0 Å². The van der Waals surface area contributed by atoms with Gasteiger partial charge in [0.25, 0.3) is 5.91 Å². The van der Waals surface area contributed by atoms with E-state index < -0.39 is 12.7 Å². The Labute approximate surface area is 190 Å². The predicted octanol–water partition coefficient (Wildman–Crippen LogP) is 4.26. The summed E-state index contributed by atoms with van der Waals surface area (Å²) in [5.41, 5.74) is 2.48. The summed E-state index contributed by atoms with van der Waals surface area (Å²) in [6.07, 6.45) is -2.08. The molecule has 9 heteroatoms. The van der Waals surface area contributed by atoms with Crippen molar-refractivity contribution in [3.8, 4) is 22.7 Å². The number of para-hydroxylation sites is 1. The summed E-state index contributed by atoms with van der Waals surface area (Å²) in [5, 5.41) is 4.68. The number of carbonyl (C=O) groups excluding carboxylic acids is 1. The Morgan fingerprint density at radius 2 is 1.73 bits per heavy atom. The van der Waals surface area contributed by atoms with Crippen LogP contribution in [0.25, 0.3) is 16.9 Å². The van der Waals surface area contributed by atoms with E-state index in [2.05, 4.69) is 5.10 Å². The zero-order chi connectivity index (χ0) is 23.4. The van der Waals surface area contributed by atoms with Gasteiger partial charge in [-0.3, -0.25) is 9.69 Å². The number of hydrogen-bond acceptors (Lipinski definition) is 4. The number of alkyl halides is 3. The van der Waals surface area contributed by atoms with Crippen LogP contribution in [-0.4, -0.2) is 71.5 Å². The van der Waals surface area contributed by atoms with Crippen LogP contribution in [-0.2, 0) is 0 Å². The highest BCUT2D eigenvalue weighted by Gasteiger charge is 2.32. The van der Waals surface area contributed by atoms with E-state index in [4.69, 9.17) is 4.74 Å². The first kappa shape index (κ1) is 22.8.